The van der Waals surface area contributed by atoms with Crippen molar-refractivity contribution in [1.82, 2.24) is 26.4 Å². The molecule has 0 spiro atoms. The van der Waals surface area contributed by atoms with Crippen LogP contribution in [0, 0.1) is 35.0 Å². The van der Waals surface area contributed by atoms with E-state index < -0.39 is 38.9 Å². The van der Waals surface area contributed by atoms with Gasteiger partial charge < -0.3 is 34.6 Å². The molecule has 13 nitrogen and oxygen atoms in total. The summed E-state index contributed by atoms with van der Waals surface area (Å²) < 4.78 is 23.6. The zero-order chi connectivity index (χ0) is 42.8. The van der Waals surface area contributed by atoms with Crippen molar-refractivity contribution in [3.05, 3.63) is 29.8 Å². The Hall–Kier alpha value is -3.20. The van der Waals surface area contributed by atoms with Gasteiger partial charge >= 0.3 is 6.09 Å². The average molecular weight is 807 g/mol. The van der Waals surface area contributed by atoms with Crippen LogP contribution in [0.4, 0.5) is 4.79 Å². The minimum atomic E-state index is -1.32. The average Bonchev–Trinajstić information content (AvgIpc) is 3.04. The minimum Gasteiger partial charge on any atom is -0.493 e. The number of rotatable bonds is 24. The van der Waals surface area contributed by atoms with Crippen LogP contribution in [0.5, 0.6) is 5.75 Å². The number of amides is 4. The van der Waals surface area contributed by atoms with Crippen molar-refractivity contribution in [1.29, 1.82) is 0 Å². The van der Waals surface area contributed by atoms with Gasteiger partial charge in [-0.25, -0.2) is 9.80 Å². The van der Waals surface area contributed by atoms with Crippen molar-refractivity contribution >= 4 is 32.9 Å². The van der Waals surface area contributed by atoms with Crippen molar-refractivity contribution in [3.8, 4) is 5.75 Å². The molecule has 5 atom stereocenters. The van der Waals surface area contributed by atoms with Crippen LogP contribution in [-0.2, 0) is 23.5 Å². The molecule has 0 aliphatic heterocycles. The van der Waals surface area contributed by atoms with Gasteiger partial charge in [0.15, 0.2) is 0 Å². The quantitative estimate of drug-likeness (QED) is 0.0382. The van der Waals surface area contributed by atoms with Crippen LogP contribution in [0.1, 0.15) is 112 Å². The lowest BCUT2D eigenvalue weighted by Gasteiger charge is -2.43. The van der Waals surface area contributed by atoms with Crippen LogP contribution in [0.2, 0.25) is 13.1 Å². The zero-order valence-corrected chi connectivity index (χ0v) is 38.2. The molecule has 1 rings (SSSR count). The number of hydrogen-bond acceptors (Lipinski definition) is 9. The molecule has 0 aliphatic carbocycles. The van der Waals surface area contributed by atoms with Gasteiger partial charge in [0.1, 0.15) is 17.6 Å². The van der Waals surface area contributed by atoms with Crippen LogP contribution in [-0.4, -0.2) is 96.7 Å². The number of benzene rings is 1. The molecular weight excluding hydrogens is 731 g/mol. The lowest BCUT2D eigenvalue weighted by Crippen LogP contribution is -2.53. The number of nitrogens with zero attached hydrogens (tertiary/aromatic N) is 1. The van der Waals surface area contributed by atoms with Gasteiger partial charge in [0.05, 0.1) is 12.2 Å². The van der Waals surface area contributed by atoms with Crippen LogP contribution in [0.3, 0.4) is 0 Å². The van der Waals surface area contributed by atoms with Crippen molar-refractivity contribution in [2.45, 2.75) is 132 Å². The summed E-state index contributed by atoms with van der Waals surface area (Å²) >= 11 is 0. The monoisotopic (exact) mass is 807 g/mol. The summed E-state index contributed by atoms with van der Waals surface area (Å²) in [6.45, 7) is 25.4. The summed E-state index contributed by atoms with van der Waals surface area (Å²) in [6, 6.07) is 6.74. The van der Waals surface area contributed by atoms with Crippen molar-refractivity contribution in [3.63, 3.8) is 0 Å². The van der Waals surface area contributed by atoms with Crippen molar-refractivity contribution in [2.75, 3.05) is 41.0 Å². The molecule has 4 amide bonds. The first-order chi connectivity index (χ1) is 26.0. The summed E-state index contributed by atoms with van der Waals surface area (Å²) in [4.78, 5) is 53.7. The highest BCUT2D eigenvalue weighted by Gasteiger charge is 2.41. The molecule has 56 heavy (non-hydrogen) atoms. The Labute approximate surface area is 340 Å². The van der Waals surface area contributed by atoms with Gasteiger partial charge in [-0.3, -0.25) is 19.8 Å². The molecular formula is C42H76N5O8Si. The van der Waals surface area contributed by atoms with E-state index in [1.807, 2.05) is 59.8 Å². The third-order valence-electron chi connectivity index (χ3n) is 9.49. The number of carbonyl (C=O) groups is 4. The molecule has 0 saturated carbocycles. The molecule has 4 N–H and O–H groups in total. The van der Waals surface area contributed by atoms with E-state index in [-0.39, 0.29) is 59.8 Å². The molecule has 1 aromatic carbocycles. The van der Waals surface area contributed by atoms with Crippen LogP contribution in [0.15, 0.2) is 24.3 Å². The molecule has 0 heterocycles. The van der Waals surface area contributed by atoms with Gasteiger partial charge in [-0.1, -0.05) is 60.6 Å². The number of alkyl carbamates (subject to hydrolysis) is 1. The van der Waals surface area contributed by atoms with E-state index >= 15 is 0 Å². The van der Waals surface area contributed by atoms with E-state index in [2.05, 4.69) is 56.0 Å². The first-order valence-corrected chi connectivity index (χ1v) is 22.6. The number of hydrazine groups is 1. The predicted octanol–water partition coefficient (Wildman–Crippen LogP) is 6.79. The number of methoxy groups -OCH3 is 1. The van der Waals surface area contributed by atoms with E-state index in [4.69, 9.17) is 18.6 Å². The first kappa shape index (κ1) is 50.8. The van der Waals surface area contributed by atoms with E-state index in [9.17, 15) is 19.2 Å². The number of carbonyl (C=O) groups excluding carboxylic acids is 4. The van der Waals surface area contributed by atoms with E-state index in [0.29, 0.717) is 37.4 Å². The summed E-state index contributed by atoms with van der Waals surface area (Å²) in [5.41, 5.74) is 2.01. The minimum absolute atomic E-state index is 0.0231. The second kappa shape index (κ2) is 24.5. The maximum absolute atomic E-state index is 14.1. The molecule has 0 saturated heterocycles. The molecule has 1 radical (unpaired) electrons. The van der Waals surface area contributed by atoms with Gasteiger partial charge in [0.25, 0.3) is 5.91 Å². The Morgan fingerprint density at radius 1 is 0.857 bits per heavy atom. The van der Waals surface area contributed by atoms with Gasteiger partial charge in [-0.15, -0.1) is 0 Å². The Bertz CT molecular complexity index is 1340. The summed E-state index contributed by atoms with van der Waals surface area (Å²) in [7, 11) is 3.82. The maximum atomic E-state index is 14.1. The third-order valence-corrected chi connectivity index (χ3v) is 10.2. The van der Waals surface area contributed by atoms with Crippen molar-refractivity contribution < 1.29 is 37.8 Å². The fourth-order valence-electron chi connectivity index (χ4n) is 6.63. The fraction of sp³-hybridized carbons (Fsp3) is 0.762. The van der Waals surface area contributed by atoms with E-state index in [0.717, 1.165) is 12.8 Å². The van der Waals surface area contributed by atoms with Gasteiger partial charge in [-0.2, -0.15) is 0 Å². The SMILES string of the molecule is COCCCCOc1ccccc1C(=O)NC(O[Si](C)C)[C@@H](C[C@H](NC(=O)OC(C)(C)C)[C@@H](C[C@H](C(=O)NCCC(=O)NN(C)C)C(C)C)C(C)(C)C)C(C)C. The summed E-state index contributed by atoms with van der Waals surface area (Å²) in [5, 5.41) is 11.0. The summed E-state index contributed by atoms with van der Waals surface area (Å²) in [5.74, 6) is -1.000. The number of unbranched alkanes of at least 4 members (excludes halogenated alkanes) is 1. The highest BCUT2D eigenvalue weighted by molar-refractivity contribution is 6.48. The fourth-order valence-corrected chi connectivity index (χ4v) is 7.37. The predicted molar refractivity (Wildman–Crippen MR) is 224 cm³/mol. The Morgan fingerprint density at radius 3 is 2.02 bits per heavy atom. The molecule has 0 aromatic heterocycles. The molecule has 1 unspecified atom stereocenters. The number of ether oxygens (including phenoxy) is 3. The Balaban J connectivity index is 3.59. The van der Waals surface area contributed by atoms with Crippen LogP contribution < -0.4 is 26.1 Å². The first-order valence-electron chi connectivity index (χ1n) is 20.2. The summed E-state index contributed by atoms with van der Waals surface area (Å²) in [6.07, 6.45) is 1.46. The number of nitrogens with one attached hydrogen (secondary N) is 4. The number of hydrogen-bond donors (Lipinski definition) is 4. The molecule has 14 heteroatoms. The smallest absolute Gasteiger partial charge is 0.407 e. The molecule has 0 bridgehead atoms. The molecule has 0 fully saturated rings. The molecule has 0 aliphatic rings. The van der Waals surface area contributed by atoms with E-state index in [1.165, 1.54) is 0 Å². The van der Waals surface area contributed by atoms with E-state index in [1.54, 1.807) is 38.3 Å². The van der Waals surface area contributed by atoms with Gasteiger partial charge in [0, 0.05) is 58.7 Å². The topological polar surface area (TPSA) is 157 Å². The lowest BCUT2D eigenvalue weighted by atomic mass is 9.67. The highest BCUT2D eigenvalue weighted by atomic mass is 28.3. The maximum Gasteiger partial charge on any atom is 0.407 e. The normalized spacial score (nSPS) is 14.9. The highest BCUT2D eigenvalue weighted by Crippen LogP contribution is 2.40. The van der Waals surface area contributed by atoms with Crippen LogP contribution >= 0.6 is 0 Å². The Morgan fingerprint density at radius 2 is 1.48 bits per heavy atom. The van der Waals surface area contributed by atoms with Gasteiger partial charge in [-0.05, 0) is 94.8 Å². The van der Waals surface area contributed by atoms with Crippen molar-refractivity contribution in [2.24, 2.45) is 35.0 Å². The molecule has 1 aromatic rings. The third kappa shape index (κ3) is 19.8. The zero-order valence-electron chi connectivity index (χ0n) is 37.2. The van der Waals surface area contributed by atoms with Crippen LogP contribution in [0.25, 0.3) is 0 Å². The standard InChI is InChI=1S/C42H76N5O8Si/c1-28(2)31(37(49)43-23-22-36(48)46-47(11)12)26-33(41(5,6)7)34(44-40(51)54-42(8,9)10)27-32(29(3)4)39(55-56(14)15)45-38(50)30-20-16-17-21-35(30)53-25-19-18-24-52-13/h16-17,20-21,28-29,31-34,39H,18-19,22-27H2,1-15H3,(H,43,49)(H,44,51)(H,45,50)(H,46,48)/t31-,32-,33+,34-,39?/m0/s1. The molecule has 321 valence electrons. The largest absolute Gasteiger partial charge is 0.493 e. The van der Waals surface area contributed by atoms with Gasteiger partial charge in [0.2, 0.25) is 20.9 Å². The second-order valence-corrected chi connectivity index (χ2v) is 19.9. The second-order valence-electron chi connectivity index (χ2n) is 17.9. The number of para-hydroxylation sites is 1. The lowest BCUT2D eigenvalue weighted by molar-refractivity contribution is -0.128. The Kier molecular flexibility index (Phi) is 22.3.